The summed E-state index contributed by atoms with van der Waals surface area (Å²) in [4.78, 5) is 6.12. The highest BCUT2D eigenvalue weighted by molar-refractivity contribution is 5.35. The number of hydrogen-bond donors (Lipinski definition) is 0. The van der Waals surface area contributed by atoms with E-state index in [1.54, 1.807) is 17.2 Å². The van der Waals surface area contributed by atoms with Crippen LogP contribution >= 0.6 is 0 Å². The molecule has 0 saturated heterocycles. The highest BCUT2D eigenvalue weighted by atomic mass is 15.5. The molecule has 0 bridgehead atoms. The molecule has 0 spiro atoms. The van der Waals surface area contributed by atoms with E-state index in [9.17, 15) is 0 Å². The minimum atomic E-state index is 0.448. The molecule has 0 aliphatic heterocycles. The quantitative estimate of drug-likeness (QED) is 0.749. The Bertz CT molecular complexity index is 446. The molecule has 0 fully saturated rings. The molecule has 2 rings (SSSR count). The van der Waals surface area contributed by atoms with Crippen LogP contribution in [0.5, 0.6) is 0 Å². The summed E-state index contributed by atoms with van der Waals surface area (Å²) in [6.45, 7) is 6.24. The number of aryl methyl sites for hydroxylation is 1. The third kappa shape index (κ3) is 1.88. The standard InChI is InChI=1S/C11H14N4/c1-8(2)10-4-5-11(9(3)14-10)15-12-6-7-13-15/h4-8H,1-3H3. The van der Waals surface area contributed by atoms with E-state index in [-0.39, 0.29) is 0 Å². The molecule has 0 aromatic carbocycles. The van der Waals surface area contributed by atoms with Gasteiger partial charge in [-0.25, -0.2) is 0 Å². The maximum absolute atomic E-state index is 4.53. The summed E-state index contributed by atoms with van der Waals surface area (Å²) in [6, 6.07) is 4.04. The van der Waals surface area contributed by atoms with Crippen molar-refractivity contribution in [1.82, 2.24) is 20.0 Å². The van der Waals surface area contributed by atoms with Crippen molar-refractivity contribution in [2.75, 3.05) is 0 Å². The predicted molar refractivity (Wildman–Crippen MR) is 58.0 cm³/mol. The van der Waals surface area contributed by atoms with Crippen LogP contribution < -0.4 is 0 Å². The van der Waals surface area contributed by atoms with Gasteiger partial charge in [0.2, 0.25) is 0 Å². The van der Waals surface area contributed by atoms with E-state index < -0.39 is 0 Å². The van der Waals surface area contributed by atoms with Gasteiger partial charge in [-0.1, -0.05) is 13.8 Å². The Morgan fingerprint density at radius 3 is 2.33 bits per heavy atom. The maximum Gasteiger partial charge on any atom is 0.107 e. The van der Waals surface area contributed by atoms with Crippen molar-refractivity contribution >= 4 is 0 Å². The first-order valence-corrected chi connectivity index (χ1v) is 5.02. The van der Waals surface area contributed by atoms with Crippen molar-refractivity contribution in [3.63, 3.8) is 0 Å². The normalized spacial score (nSPS) is 10.9. The zero-order valence-corrected chi connectivity index (χ0v) is 9.18. The van der Waals surface area contributed by atoms with Crippen molar-refractivity contribution in [3.8, 4) is 5.69 Å². The van der Waals surface area contributed by atoms with Gasteiger partial charge >= 0.3 is 0 Å². The lowest BCUT2D eigenvalue weighted by Crippen LogP contribution is -2.04. The van der Waals surface area contributed by atoms with E-state index in [4.69, 9.17) is 0 Å². The van der Waals surface area contributed by atoms with Gasteiger partial charge in [0, 0.05) is 5.69 Å². The Balaban J connectivity index is 2.44. The Labute approximate surface area is 89.0 Å². The molecule has 4 nitrogen and oxygen atoms in total. The molecule has 0 N–H and O–H groups in total. The minimum absolute atomic E-state index is 0.448. The fraction of sp³-hybridized carbons (Fsp3) is 0.364. The number of nitrogens with zero attached hydrogens (tertiary/aromatic N) is 4. The smallest absolute Gasteiger partial charge is 0.107 e. The van der Waals surface area contributed by atoms with Gasteiger partial charge in [-0.3, -0.25) is 4.98 Å². The van der Waals surface area contributed by atoms with Gasteiger partial charge in [0.25, 0.3) is 0 Å². The highest BCUT2D eigenvalue weighted by Crippen LogP contribution is 2.16. The molecule has 4 heteroatoms. The van der Waals surface area contributed by atoms with E-state index in [1.807, 2.05) is 19.1 Å². The third-order valence-electron chi connectivity index (χ3n) is 2.31. The molecule has 2 aromatic heterocycles. The van der Waals surface area contributed by atoms with Crippen molar-refractivity contribution in [3.05, 3.63) is 35.9 Å². The zero-order valence-electron chi connectivity index (χ0n) is 9.18. The van der Waals surface area contributed by atoms with E-state index >= 15 is 0 Å². The van der Waals surface area contributed by atoms with Crippen LogP contribution in [0.25, 0.3) is 5.69 Å². The molecule has 2 heterocycles. The number of hydrogen-bond acceptors (Lipinski definition) is 3. The molecule has 78 valence electrons. The van der Waals surface area contributed by atoms with Crippen LogP contribution in [0.1, 0.15) is 31.2 Å². The van der Waals surface area contributed by atoms with E-state index in [1.165, 1.54) is 0 Å². The first-order chi connectivity index (χ1) is 7.18. The summed E-state index contributed by atoms with van der Waals surface area (Å²) in [7, 11) is 0. The molecule has 0 amide bonds. The fourth-order valence-electron chi connectivity index (χ4n) is 1.45. The second-order valence-electron chi connectivity index (χ2n) is 3.81. The molecular weight excluding hydrogens is 188 g/mol. The van der Waals surface area contributed by atoms with Gasteiger partial charge in [-0.2, -0.15) is 10.2 Å². The lowest BCUT2D eigenvalue weighted by molar-refractivity contribution is 0.732. The molecule has 0 aliphatic carbocycles. The van der Waals surface area contributed by atoms with E-state index in [2.05, 4.69) is 29.0 Å². The zero-order chi connectivity index (χ0) is 10.8. The first-order valence-electron chi connectivity index (χ1n) is 5.02. The second-order valence-corrected chi connectivity index (χ2v) is 3.81. The summed E-state index contributed by atoms with van der Waals surface area (Å²) in [5.41, 5.74) is 2.99. The van der Waals surface area contributed by atoms with Gasteiger partial charge in [0.05, 0.1) is 18.1 Å². The summed E-state index contributed by atoms with van der Waals surface area (Å²) >= 11 is 0. The van der Waals surface area contributed by atoms with Crippen LogP contribution in [-0.2, 0) is 0 Å². The van der Waals surface area contributed by atoms with E-state index in [0.717, 1.165) is 17.1 Å². The lowest BCUT2D eigenvalue weighted by Gasteiger charge is -2.08. The Kier molecular flexibility index (Phi) is 2.49. The van der Waals surface area contributed by atoms with Crippen LogP contribution in [0.2, 0.25) is 0 Å². The third-order valence-corrected chi connectivity index (χ3v) is 2.31. The van der Waals surface area contributed by atoms with Gasteiger partial charge in [-0.15, -0.1) is 4.80 Å². The Morgan fingerprint density at radius 1 is 1.13 bits per heavy atom. The van der Waals surface area contributed by atoms with Crippen LogP contribution in [0.15, 0.2) is 24.5 Å². The summed E-state index contributed by atoms with van der Waals surface area (Å²) in [6.07, 6.45) is 3.32. The molecule has 0 aliphatic rings. The lowest BCUT2D eigenvalue weighted by atomic mass is 10.1. The maximum atomic E-state index is 4.53. The van der Waals surface area contributed by atoms with Crippen molar-refractivity contribution in [1.29, 1.82) is 0 Å². The Morgan fingerprint density at radius 2 is 1.80 bits per heavy atom. The first kappa shape index (κ1) is 9.83. The van der Waals surface area contributed by atoms with E-state index in [0.29, 0.717) is 5.92 Å². The van der Waals surface area contributed by atoms with Gasteiger partial charge < -0.3 is 0 Å². The Hall–Kier alpha value is -1.71. The average Bonchev–Trinajstić information content (AvgIpc) is 2.70. The summed E-state index contributed by atoms with van der Waals surface area (Å²) in [5, 5.41) is 8.17. The number of aromatic nitrogens is 4. The van der Waals surface area contributed by atoms with Gasteiger partial charge in [0.15, 0.2) is 0 Å². The average molecular weight is 202 g/mol. The van der Waals surface area contributed by atoms with Crippen LogP contribution in [-0.4, -0.2) is 20.0 Å². The van der Waals surface area contributed by atoms with Crippen LogP contribution in [0, 0.1) is 6.92 Å². The number of rotatable bonds is 2. The predicted octanol–water partition coefficient (Wildman–Crippen LogP) is 2.09. The SMILES string of the molecule is Cc1nc(C(C)C)ccc1-n1nccn1. The fourth-order valence-corrected chi connectivity index (χ4v) is 1.45. The molecule has 2 aromatic rings. The van der Waals surface area contributed by atoms with Crippen molar-refractivity contribution in [2.24, 2.45) is 0 Å². The molecule has 0 saturated carbocycles. The largest absolute Gasteiger partial charge is 0.256 e. The minimum Gasteiger partial charge on any atom is -0.256 e. The summed E-state index contributed by atoms with van der Waals surface area (Å²) in [5.74, 6) is 0.448. The summed E-state index contributed by atoms with van der Waals surface area (Å²) < 4.78 is 0. The second kappa shape index (κ2) is 3.81. The molecular formula is C11H14N4. The van der Waals surface area contributed by atoms with Crippen LogP contribution in [0.3, 0.4) is 0 Å². The van der Waals surface area contributed by atoms with Gasteiger partial charge in [-0.05, 0) is 25.0 Å². The topological polar surface area (TPSA) is 43.6 Å². The molecule has 0 unspecified atom stereocenters. The number of pyridine rings is 1. The van der Waals surface area contributed by atoms with Crippen LogP contribution in [0.4, 0.5) is 0 Å². The highest BCUT2D eigenvalue weighted by Gasteiger charge is 2.06. The molecule has 15 heavy (non-hydrogen) atoms. The molecule has 0 atom stereocenters. The monoisotopic (exact) mass is 202 g/mol. The van der Waals surface area contributed by atoms with Gasteiger partial charge in [0.1, 0.15) is 5.69 Å². The molecule has 0 radical (unpaired) electrons. The van der Waals surface area contributed by atoms with Crippen molar-refractivity contribution < 1.29 is 0 Å². The van der Waals surface area contributed by atoms with Crippen molar-refractivity contribution in [2.45, 2.75) is 26.7 Å².